The molecule has 0 fully saturated rings. The number of nitrogens with one attached hydrogen (secondary N) is 2. The van der Waals surface area contributed by atoms with Gasteiger partial charge in [-0.1, -0.05) is 6.92 Å². The lowest BCUT2D eigenvalue weighted by atomic mass is 10.2. The average Bonchev–Trinajstić information content (AvgIpc) is 2.34. The number of aryl methyl sites for hydroxylation is 1. The van der Waals surface area contributed by atoms with E-state index in [2.05, 4.69) is 34.4 Å². The van der Waals surface area contributed by atoms with E-state index >= 15 is 0 Å². The molecule has 5 heteroatoms. The Bertz CT molecular complexity index is 357. The summed E-state index contributed by atoms with van der Waals surface area (Å²) >= 11 is 0. The molecule has 0 aliphatic heterocycles. The number of hydrogen-bond acceptors (Lipinski definition) is 5. The van der Waals surface area contributed by atoms with Crippen molar-refractivity contribution in [3.63, 3.8) is 0 Å². The van der Waals surface area contributed by atoms with E-state index in [0.29, 0.717) is 12.0 Å². The third-order valence-corrected chi connectivity index (χ3v) is 2.67. The van der Waals surface area contributed by atoms with Crippen molar-refractivity contribution in [2.75, 3.05) is 30.9 Å². The number of rotatable bonds is 8. The number of nitrogens with zero attached hydrogens (tertiary/aromatic N) is 2. The zero-order chi connectivity index (χ0) is 13.4. The molecule has 0 bridgehead atoms. The van der Waals surface area contributed by atoms with Crippen molar-refractivity contribution in [2.45, 2.75) is 39.7 Å². The van der Waals surface area contributed by atoms with Crippen molar-refractivity contribution in [1.82, 2.24) is 9.97 Å². The minimum absolute atomic E-state index is 0.417. The molecule has 0 radical (unpaired) electrons. The van der Waals surface area contributed by atoms with E-state index in [1.165, 1.54) is 0 Å². The lowest BCUT2D eigenvalue weighted by Gasteiger charge is -2.13. The molecule has 102 valence electrons. The second kappa shape index (κ2) is 7.87. The Hall–Kier alpha value is -1.36. The first kappa shape index (κ1) is 14.7. The second-order valence-electron chi connectivity index (χ2n) is 4.44. The van der Waals surface area contributed by atoms with Gasteiger partial charge in [0.2, 0.25) is 5.95 Å². The van der Waals surface area contributed by atoms with Gasteiger partial charge in [-0.15, -0.1) is 0 Å². The quantitative estimate of drug-likeness (QED) is 0.696. The van der Waals surface area contributed by atoms with Crippen molar-refractivity contribution in [3.8, 4) is 0 Å². The molecule has 0 spiro atoms. The second-order valence-corrected chi connectivity index (χ2v) is 4.44. The van der Waals surface area contributed by atoms with Gasteiger partial charge in [0.05, 0.1) is 0 Å². The van der Waals surface area contributed by atoms with Gasteiger partial charge in [0.1, 0.15) is 5.82 Å². The van der Waals surface area contributed by atoms with Crippen molar-refractivity contribution < 1.29 is 4.74 Å². The molecular formula is C13H24N4O. The van der Waals surface area contributed by atoms with Crippen LogP contribution in [0.5, 0.6) is 0 Å². The maximum Gasteiger partial charge on any atom is 0.224 e. The fourth-order valence-electron chi connectivity index (χ4n) is 1.49. The average molecular weight is 252 g/mol. The summed E-state index contributed by atoms with van der Waals surface area (Å²) in [7, 11) is 1.71. The Morgan fingerprint density at radius 1 is 1.39 bits per heavy atom. The predicted octanol–water partition coefficient (Wildman–Crippen LogP) is 2.44. The van der Waals surface area contributed by atoms with Gasteiger partial charge in [-0.3, -0.25) is 0 Å². The summed E-state index contributed by atoms with van der Waals surface area (Å²) in [5, 5.41) is 6.57. The van der Waals surface area contributed by atoms with Crippen molar-refractivity contribution in [3.05, 3.63) is 11.8 Å². The zero-order valence-electron chi connectivity index (χ0n) is 11.8. The largest absolute Gasteiger partial charge is 0.385 e. The Morgan fingerprint density at radius 2 is 2.17 bits per heavy atom. The first-order valence-corrected chi connectivity index (χ1v) is 6.50. The van der Waals surface area contributed by atoms with E-state index < -0.39 is 0 Å². The van der Waals surface area contributed by atoms with E-state index in [1.54, 1.807) is 7.11 Å². The Morgan fingerprint density at radius 3 is 2.83 bits per heavy atom. The molecule has 1 unspecified atom stereocenters. The monoisotopic (exact) mass is 252 g/mol. The normalized spacial score (nSPS) is 12.2. The fraction of sp³-hybridized carbons (Fsp3) is 0.692. The Kier molecular flexibility index (Phi) is 6.43. The van der Waals surface area contributed by atoms with Crippen LogP contribution in [-0.2, 0) is 4.74 Å². The lowest BCUT2D eigenvalue weighted by molar-refractivity contribution is 0.197. The number of methoxy groups -OCH3 is 1. The van der Waals surface area contributed by atoms with Crippen LogP contribution >= 0.6 is 0 Å². The van der Waals surface area contributed by atoms with Crippen LogP contribution < -0.4 is 10.6 Å². The Balaban J connectivity index is 2.57. The van der Waals surface area contributed by atoms with E-state index in [-0.39, 0.29) is 0 Å². The van der Waals surface area contributed by atoms with Gasteiger partial charge in [-0.2, -0.15) is 4.98 Å². The summed E-state index contributed by atoms with van der Waals surface area (Å²) in [6.07, 6.45) is 2.02. The standard InChI is InChI=1S/C13H24N4O/c1-5-10(2)15-12-9-11(3)16-13(17-12)14-7-6-8-18-4/h9-10H,5-8H2,1-4H3,(H2,14,15,16,17). The summed E-state index contributed by atoms with van der Waals surface area (Å²) in [4.78, 5) is 8.81. The van der Waals surface area contributed by atoms with Gasteiger partial charge in [-0.25, -0.2) is 4.98 Å². The zero-order valence-corrected chi connectivity index (χ0v) is 11.8. The summed E-state index contributed by atoms with van der Waals surface area (Å²) in [5.74, 6) is 1.56. The van der Waals surface area contributed by atoms with Crippen LogP contribution in [0.25, 0.3) is 0 Å². The van der Waals surface area contributed by atoms with E-state index in [4.69, 9.17) is 4.74 Å². The summed E-state index contributed by atoms with van der Waals surface area (Å²) < 4.78 is 5.00. The number of anilines is 2. The van der Waals surface area contributed by atoms with Gasteiger partial charge in [0, 0.05) is 38.1 Å². The predicted molar refractivity (Wildman–Crippen MR) is 75.1 cm³/mol. The highest BCUT2D eigenvalue weighted by molar-refractivity contribution is 5.42. The molecule has 0 aliphatic carbocycles. The van der Waals surface area contributed by atoms with Crippen LogP contribution in [0.1, 0.15) is 32.4 Å². The van der Waals surface area contributed by atoms with Crippen molar-refractivity contribution in [2.24, 2.45) is 0 Å². The molecule has 1 aromatic heterocycles. The molecule has 1 heterocycles. The van der Waals surface area contributed by atoms with Crippen LogP contribution in [-0.4, -0.2) is 36.3 Å². The van der Waals surface area contributed by atoms with Crippen LogP contribution in [0.4, 0.5) is 11.8 Å². The molecule has 1 rings (SSSR count). The molecular weight excluding hydrogens is 228 g/mol. The van der Waals surface area contributed by atoms with Gasteiger partial charge >= 0.3 is 0 Å². The van der Waals surface area contributed by atoms with E-state index in [1.807, 2.05) is 13.0 Å². The molecule has 0 aromatic carbocycles. The molecule has 0 aliphatic rings. The first-order valence-electron chi connectivity index (χ1n) is 6.50. The summed E-state index contributed by atoms with van der Waals surface area (Å²) in [5.41, 5.74) is 0.963. The molecule has 5 nitrogen and oxygen atoms in total. The van der Waals surface area contributed by atoms with Gasteiger partial charge in [-0.05, 0) is 26.7 Å². The van der Waals surface area contributed by atoms with E-state index in [0.717, 1.165) is 37.5 Å². The summed E-state index contributed by atoms with van der Waals surface area (Å²) in [6.45, 7) is 7.83. The third kappa shape index (κ3) is 5.31. The molecule has 0 saturated heterocycles. The van der Waals surface area contributed by atoms with Crippen LogP contribution in [0.15, 0.2) is 6.07 Å². The van der Waals surface area contributed by atoms with Crippen LogP contribution in [0.3, 0.4) is 0 Å². The Labute approximate surface area is 109 Å². The van der Waals surface area contributed by atoms with Gasteiger partial charge in [0.15, 0.2) is 0 Å². The minimum Gasteiger partial charge on any atom is -0.385 e. The smallest absolute Gasteiger partial charge is 0.224 e. The molecule has 2 N–H and O–H groups in total. The van der Waals surface area contributed by atoms with Crippen molar-refractivity contribution in [1.29, 1.82) is 0 Å². The maximum atomic E-state index is 5.00. The van der Waals surface area contributed by atoms with Crippen molar-refractivity contribution >= 4 is 11.8 Å². The highest BCUT2D eigenvalue weighted by atomic mass is 16.5. The molecule has 0 saturated carbocycles. The first-order chi connectivity index (χ1) is 8.65. The molecule has 1 aromatic rings. The summed E-state index contributed by atoms with van der Waals surface area (Å²) in [6, 6.07) is 2.38. The van der Waals surface area contributed by atoms with E-state index in [9.17, 15) is 0 Å². The SMILES string of the molecule is CCC(C)Nc1cc(C)nc(NCCCOC)n1. The molecule has 0 amide bonds. The van der Waals surface area contributed by atoms with Gasteiger partial charge < -0.3 is 15.4 Å². The molecule has 1 atom stereocenters. The molecule has 18 heavy (non-hydrogen) atoms. The number of ether oxygens (including phenoxy) is 1. The van der Waals surface area contributed by atoms with Crippen LogP contribution in [0.2, 0.25) is 0 Å². The highest BCUT2D eigenvalue weighted by Gasteiger charge is 2.04. The third-order valence-electron chi connectivity index (χ3n) is 2.67. The number of hydrogen-bond donors (Lipinski definition) is 2. The fourth-order valence-corrected chi connectivity index (χ4v) is 1.49. The number of aromatic nitrogens is 2. The van der Waals surface area contributed by atoms with Crippen LogP contribution in [0, 0.1) is 6.92 Å². The topological polar surface area (TPSA) is 59.1 Å². The minimum atomic E-state index is 0.417. The highest BCUT2D eigenvalue weighted by Crippen LogP contribution is 2.11. The lowest BCUT2D eigenvalue weighted by Crippen LogP contribution is -2.16. The van der Waals surface area contributed by atoms with Gasteiger partial charge in [0.25, 0.3) is 0 Å². The maximum absolute atomic E-state index is 5.00.